The first-order valence-electron chi connectivity index (χ1n) is 20.5. The number of nitrogens with zero attached hydrogens (tertiary/aromatic N) is 4. The summed E-state index contributed by atoms with van der Waals surface area (Å²) in [5, 5.41) is 6.48. The van der Waals surface area contributed by atoms with Crippen molar-refractivity contribution in [2.24, 2.45) is 0 Å². The van der Waals surface area contributed by atoms with Crippen LogP contribution >= 0.6 is 13.7 Å². The van der Waals surface area contributed by atoms with Gasteiger partial charge in [-0.05, 0) is 24.3 Å². The summed E-state index contributed by atoms with van der Waals surface area (Å²) in [6.07, 6.45) is 7.21. The van der Waals surface area contributed by atoms with Crippen LogP contribution in [0.2, 0.25) is 0 Å². The van der Waals surface area contributed by atoms with Crippen molar-refractivity contribution in [2.75, 3.05) is 0 Å². The first-order valence-corrected chi connectivity index (χ1v) is 28.0. The quantitative estimate of drug-likeness (QED) is 0.0831. The van der Waals surface area contributed by atoms with Crippen LogP contribution in [0.4, 0.5) is 0 Å². The van der Waals surface area contributed by atoms with Crippen LogP contribution in [0.5, 0.6) is 0 Å². The van der Waals surface area contributed by atoms with Gasteiger partial charge in [0.25, 0.3) is 0 Å². The summed E-state index contributed by atoms with van der Waals surface area (Å²) >= 11 is 0. The normalized spacial score (nSPS) is 12.5. The number of benzene rings is 6. The minimum Gasteiger partial charge on any atom is -0.358 e. The fraction of sp³-hybridized carbons (Fsp3) is 0. The van der Waals surface area contributed by atoms with E-state index in [1.807, 2.05) is 24.3 Å². The number of fused-ring (bicyclic) bond motifs is 6. The van der Waals surface area contributed by atoms with Gasteiger partial charge in [-0.2, -0.15) is 0 Å². The van der Waals surface area contributed by atoms with Crippen molar-refractivity contribution < 1.29 is 101 Å². The number of aromatic nitrogens is 4. The van der Waals surface area contributed by atoms with Gasteiger partial charge in [0.1, 0.15) is 0 Å². The van der Waals surface area contributed by atoms with Crippen molar-refractivity contribution in [1.29, 1.82) is 0 Å². The van der Waals surface area contributed by atoms with Gasteiger partial charge in [-0.3, -0.25) is 19.9 Å². The molecule has 10 aromatic rings. The molecule has 0 unspecified atom stereocenters. The number of hydrogen-bond acceptors (Lipinski definition) is 12. The summed E-state index contributed by atoms with van der Waals surface area (Å²) < 4.78 is 76.6. The second-order valence-electron chi connectivity index (χ2n) is 15.5. The van der Waals surface area contributed by atoms with Crippen molar-refractivity contribution in [2.45, 2.75) is 0 Å². The number of halogens is 2. The molecule has 0 fully saturated rings. The van der Waals surface area contributed by atoms with Crippen LogP contribution in [0.15, 0.2) is 219 Å². The van der Waals surface area contributed by atoms with Crippen molar-refractivity contribution in [3.05, 3.63) is 253 Å². The molecule has 10 rings (SSSR count). The largest absolute Gasteiger partial charge is 0.358 e. The molecular weight excluding hydrogens is 1350 g/mol. The number of rotatable bonds is 8. The van der Waals surface area contributed by atoms with E-state index in [1.165, 1.54) is 0 Å². The molecule has 0 saturated heterocycles. The van der Waals surface area contributed by atoms with Crippen LogP contribution in [0.25, 0.3) is 43.6 Å². The average molecular weight is 1390 g/mol. The molecule has 0 spiro atoms. The van der Waals surface area contributed by atoms with E-state index in [0.29, 0.717) is 21.2 Å². The molecule has 1 radical (unpaired) electrons. The van der Waals surface area contributed by atoms with E-state index in [2.05, 4.69) is 95.1 Å². The molecule has 71 heavy (non-hydrogen) atoms. The monoisotopic (exact) mass is 1390 g/mol. The van der Waals surface area contributed by atoms with Crippen LogP contribution < -0.4 is 49.2 Å². The second kappa shape index (κ2) is 24.5. The second-order valence-corrected chi connectivity index (χ2v) is 25.8. The molecule has 0 N–H and O–H groups in total. The summed E-state index contributed by atoms with van der Waals surface area (Å²) in [4.78, 5) is 17.4. The maximum absolute atomic E-state index is 11.1. The summed E-state index contributed by atoms with van der Waals surface area (Å²) in [7, 11) is -9.31. The Balaban J connectivity index is 0.000000205. The average Bonchev–Trinajstić information content (AvgIpc) is 3.34. The van der Waals surface area contributed by atoms with Crippen LogP contribution in [-0.4, -0.2) is 19.9 Å². The van der Waals surface area contributed by atoms with Gasteiger partial charge in [0.2, 0.25) is 0 Å². The van der Waals surface area contributed by atoms with Gasteiger partial charge in [-0.25, -0.2) is 0 Å². The Bertz CT molecular complexity index is 2860. The van der Waals surface area contributed by atoms with Gasteiger partial charge >= 0.3 is 262 Å². The van der Waals surface area contributed by atoms with Gasteiger partial charge in [-0.1, -0.05) is 48.5 Å². The Morgan fingerprint density at radius 2 is 0.521 bits per heavy atom. The molecule has 6 aromatic carbocycles. The van der Waals surface area contributed by atoms with Gasteiger partial charge in [0, 0.05) is 68.7 Å². The van der Waals surface area contributed by atoms with Crippen LogP contribution in [0.1, 0.15) is 0 Å². The third-order valence-corrected chi connectivity index (χ3v) is 20.6. The van der Waals surface area contributed by atoms with Gasteiger partial charge in [0.15, 0.2) is 0 Å². The molecule has 0 saturated carbocycles. The van der Waals surface area contributed by atoms with Crippen molar-refractivity contribution >= 4 is 78.5 Å². The molecule has 18 heteroatoms. The summed E-state index contributed by atoms with van der Waals surface area (Å²) in [6, 6.07) is 58.4. The summed E-state index contributed by atoms with van der Waals surface area (Å²) in [5.74, 6) is 0. The minimum absolute atomic E-state index is 0. The van der Waals surface area contributed by atoms with Gasteiger partial charge in [-0.15, -0.1) is 0 Å². The standard InChI is InChI=1S/2C14H14ClO4P.2C12H8N2.CH3.2Au/c2*1-20(2,19-15(16,17)18,13-9-5-3-6-10-13)14-11-7-4-8-12-14;2*1-3-9-5-6-10-4-2-8-14-12(10)11(9)13-7-1;;;/h2*3-12H,1-2H2;2*1-8H;1H3;;/q2*-2;;;-1;;+3. The van der Waals surface area contributed by atoms with E-state index in [4.69, 9.17) is 8.15 Å². The van der Waals surface area contributed by atoms with E-state index in [-0.39, 0.29) is 52.2 Å². The molecule has 0 aliphatic carbocycles. The van der Waals surface area contributed by atoms with Crippen LogP contribution in [0, 0.1) is 54.6 Å². The van der Waals surface area contributed by atoms with Crippen molar-refractivity contribution in [3.63, 3.8) is 0 Å². The Morgan fingerprint density at radius 3 is 0.704 bits per heavy atom. The summed E-state index contributed by atoms with van der Waals surface area (Å²) in [5.41, 5.74) is 3.91. The van der Waals surface area contributed by atoms with E-state index in [0.717, 1.165) is 43.6 Å². The van der Waals surface area contributed by atoms with E-state index in [9.17, 15) is 28.0 Å². The van der Waals surface area contributed by atoms with Crippen LogP contribution in [0.3, 0.4) is 0 Å². The Hall–Kier alpha value is -4.44. The molecular formula is C53H47Au2Cl2N4O8P2-2. The van der Waals surface area contributed by atoms with Gasteiger partial charge < -0.3 is 7.43 Å². The molecule has 0 aliphatic rings. The first-order chi connectivity index (χ1) is 32.3. The molecule has 4 heterocycles. The van der Waals surface area contributed by atoms with E-state index >= 15 is 0 Å². The summed E-state index contributed by atoms with van der Waals surface area (Å²) in [6.45, 7) is 7.67. The van der Waals surface area contributed by atoms with E-state index in [1.54, 1.807) is 146 Å². The fourth-order valence-electron chi connectivity index (χ4n) is 7.32. The molecule has 0 amide bonds. The zero-order valence-corrected chi connectivity index (χ0v) is 45.6. The predicted octanol–water partition coefficient (Wildman–Crippen LogP) is 5.22. The Morgan fingerprint density at radius 1 is 0.324 bits per heavy atom. The topological polar surface area (TPSA) is 208 Å². The molecule has 0 atom stereocenters. The van der Waals surface area contributed by atoms with Gasteiger partial charge in [0.05, 0.1) is 22.1 Å². The van der Waals surface area contributed by atoms with Crippen molar-refractivity contribution in [3.8, 4) is 0 Å². The Labute approximate surface area is 449 Å². The fourth-order valence-corrected chi connectivity index (χ4v) is 15.9. The zero-order valence-electron chi connectivity index (χ0n) is 37.9. The SMILES string of the molecule is [Au+3].[Au].[CH2-]P([CH2-])(O[Cl+3]([O-])([O-])[O-])(c1ccccc1)c1ccccc1.[CH2-]P([CH2-])(O[Cl+3]([O-])([O-])[O-])(c1ccccc1)c1ccccc1.[CH3-].c1cnc2c(c1)ccc1cccnc12.c1cnc2c(c1)ccc1cccnc12. The minimum atomic E-state index is -4.66. The molecule has 0 bridgehead atoms. The van der Waals surface area contributed by atoms with Crippen LogP contribution in [-0.2, 0) is 52.9 Å². The zero-order chi connectivity index (χ0) is 48.5. The Kier molecular flexibility index (Phi) is 20.4. The molecule has 0 aliphatic heterocycles. The third-order valence-electron chi connectivity index (χ3n) is 10.6. The van der Waals surface area contributed by atoms with E-state index < -0.39 is 34.1 Å². The third kappa shape index (κ3) is 14.4. The molecule has 4 aromatic heterocycles. The smallest absolute Gasteiger partial charge is 0.0964 e. The maximum Gasteiger partial charge on any atom is 0.0964 e. The molecule has 12 nitrogen and oxygen atoms in total. The van der Waals surface area contributed by atoms with Crippen molar-refractivity contribution in [1.82, 2.24) is 19.9 Å². The first kappa shape index (κ1) is 59.1. The predicted molar refractivity (Wildman–Crippen MR) is 262 cm³/mol. The number of hydrogen-bond donors (Lipinski definition) is 0. The molecule has 375 valence electrons. The maximum atomic E-state index is 11.1. The number of pyridine rings is 4.